The van der Waals surface area contributed by atoms with E-state index in [0.29, 0.717) is 42.3 Å². The van der Waals surface area contributed by atoms with Gasteiger partial charge in [0.15, 0.2) is 5.82 Å². The lowest BCUT2D eigenvalue weighted by atomic mass is 9.93. The number of morpholine rings is 1. The maximum absolute atomic E-state index is 13.9. The lowest BCUT2D eigenvalue weighted by molar-refractivity contribution is -0.139. The van der Waals surface area contributed by atoms with Crippen molar-refractivity contribution >= 4 is 23.2 Å². The molecule has 0 bridgehead atoms. The van der Waals surface area contributed by atoms with Crippen molar-refractivity contribution in [1.29, 1.82) is 0 Å². The number of imidazole rings is 1. The predicted molar refractivity (Wildman–Crippen MR) is 151 cm³/mol. The van der Waals surface area contributed by atoms with E-state index in [0.717, 1.165) is 25.7 Å². The van der Waals surface area contributed by atoms with E-state index in [1.54, 1.807) is 36.5 Å². The van der Waals surface area contributed by atoms with E-state index in [4.69, 9.17) is 14.0 Å². The number of fused-ring (bicyclic) bond motifs is 1. The Morgan fingerprint density at radius 1 is 1.05 bits per heavy atom. The number of hydrogen-bond acceptors (Lipinski definition) is 7. The fourth-order valence-corrected chi connectivity index (χ4v) is 4.48. The van der Waals surface area contributed by atoms with Gasteiger partial charge in [0, 0.05) is 48.6 Å². The van der Waals surface area contributed by atoms with E-state index in [-0.39, 0.29) is 29.2 Å². The number of carbonyl (C=O) groups excluding carboxylic acids is 1. The van der Waals surface area contributed by atoms with Crippen molar-refractivity contribution in [2.24, 2.45) is 0 Å². The minimum Gasteiger partial charge on any atom is -0.491 e. The number of anilines is 2. The number of halogens is 3. The van der Waals surface area contributed by atoms with Gasteiger partial charge in [0.05, 0.1) is 31.7 Å². The first-order chi connectivity index (χ1) is 20.0. The lowest BCUT2D eigenvalue weighted by Crippen LogP contribution is -2.37. The molecular weight excluding hydrogens is 553 g/mol. The molecule has 1 saturated heterocycles. The topological polar surface area (TPSA) is 106 Å². The molecule has 1 aromatic carbocycles. The number of nitrogens with one attached hydrogen (secondary N) is 2. The molecule has 224 valence electrons. The third kappa shape index (κ3) is 7.21. The highest BCUT2D eigenvalue weighted by molar-refractivity contribution is 5.99. The molecule has 0 radical (unpaired) electrons. The number of aromatic nitrogens is 3. The van der Waals surface area contributed by atoms with Crippen LogP contribution in [0.5, 0.6) is 5.75 Å². The zero-order valence-electron chi connectivity index (χ0n) is 23.6. The van der Waals surface area contributed by atoms with Crippen LogP contribution in [0, 0.1) is 0 Å². The van der Waals surface area contributed by atoms with Gasteiger partial charge in [0.25, 0.3) is 0 Å². The summed E-state index contributed by atoms with van der Waals surface area (Å²) in [7, 11) is 0. The van der Waals surface area contributed by atoms with Gasteiger partial charge in [0.1, 0.15) is 22.7 Å². The number of urea groups is 1. The SMILES string of the molecule is CC(C)(C)c1cc(NC(=O)Nc2ccc(-c3cn4cc(OCCCN5CCOCC5)c(C(F)(F)F)cc4n3)cc2)no1. The number of pyridine rings is 1. The van der Waals surface area contributed by atoms with Crippen LogP contribution in [0.25, 0.3) is 16.9 Å². The standard InChI is InChI=1S/C29H33F3N6O4/c1-28(2,3)24-16-25(36-42-24)35-27(39)33-20-7-5-19(6-8-20)22-17-38-18-23(21(29(30,31)32)15-26(38)34-22)41-12-4-9-37-10-13-40-14-11-37/h5-8,15-18H,4,9-14H2,1-3H3,(H2,33,35,36,39). The first kappa shape index (κ1) is 29.4. The number of nitrogens with zero attached hydrogens (tertiary/aromatic N) is 4. The van der Waals surface area contributed by atoms with Crippen molar-refractivity contribution in [1.82, 2.24) is 19.4 Å². The summed E-state index contributed by atoms with van der Waals surface area (Å²) >= 11 is 0. The van der Waals surface area contributed by atoms with Gasteiger partial charge in [0.2, 0.25) is 0 Å². The predicted octanol–water partition coefficient (Wildman–Crippen LogP) is 6.05. The molecule has 10 nitrogen and oxygen atoms in total. The second-order valence-electron chi connectivity index (χ2n) is 11.1. The fraction of sp³-hybridized carbons (Fsp3) is 0.414. The van der Waals surface area contributed by atoms with E-state index in [9.17, 15) is 18.0 Å². The van der Waals surface area contributed by atoms with E-state index in [1.807, 2.05) is 20.8 Å². The van der Waals surface area contributed by atoms with Crippen LogP contribution in [0.1, 0.15) is 38.5 Å². The van der Waals surface area contributed by atoms with Gasteiger partial charge in [-0.3, -0.25) is 10.2 Å². The van der Waals surface area contributed by atoms with E-state index in [1.165, 1.54) is 10.6 Å². The van der Waals surface area contributed by atoms with Gasteiger partial charge in [-0.2, -0.15) is 13.2 Å². The normalized spacial score (nSPS) is 14.7. The van der Waals surface area contributed by atoms with Gasteiger partial charge >= 0.3 is 12.2 Å². The van der Waals surface area contributed by atoms with Crippen LogP contribution in [0.15, 0.2) is 53.3 Å². The Balaban J connectivity index is 1.24. The zero-order chi connectivity index (χ0) is 29.9. The molecule has 1 aliphatic heterocycles. The third-order valence-corrected chi connectivity index (χ3v) is 6.77. The summed E-state index contributed by atoms with van der Waals surface area (Å²) in [5, 5.41) is 9.20. The molecule has 42 heavy (non-hydrogen) atoms. The summed E-state index contributed by atoms with van der Waals surface area (Å²) in [5.41, 5.74) is 0.668. The lowest BCUT2D eigenvalue weighted by Gasteiger charge is -2.26. The molecule has 4 heterocycles. The van der Waals surface area contributed by atoms with Crippen LogP contribution in [-0.4, -0.2) is 64.9 Å². The first-order valence-corrected chi connectivity index (χ1v) is 13.6. The molecule has 0 spiro atoms. The Hall–Kier alpha value is -4.10. The number of ether oxygens (including phenoxy) is 2. The quantitative estimate of drug-likeness (QED) is 0.242. The minimum absolute atomic E-state index is 0.141. The smallest absolute Gasteiger partial charge is 0.420 e. The number of rotatable bonds is 8. The highest BCUT2D eigenvalue weighted by atomic mass is 19.4. The van der Waals surface area contributed by atoms with Crippen LogP contribution < -0.4 is 15.4 Å². The fourth-order valence-electron chi connectivity index (χ4n) is 4.48. The Morgan fingerprint density at radius 3 is 2.45 bits per heavy atom. The third-order valence-electron chi connectivity index (χ3n) is 6.77. The van der Waals surface area contributed by atoms with Crippen LogP contribution >= 0.6 is 0 Å². The summed E-state index contributed by atoms with van der Waals surface area (Å²) < 4.78 is 59.3. The summed E-state index contributed by atoms with van der Waals surface area (Å²) in [6.07, 6.45) is -1.04. The second kappa shape index (κ2) is 12.0. The number of alkyl halides is 3. The van der Waals surface area contributed by atoms with E-state index >= 15 is 0 Å². The maximum atomic E-state index is 13.9. The van der Waals surface area contributed by atoms with Gasteiger partial charge in [-0.15, -0.1) is 0 Å². The molecule has 1 fully saturated rings. The highest BCUT2D eigenvalue weighted by Crippen LogP contribution is 2.37. The molecule has 2 N–H and O–H groups in total. The van der Waals surface area contributed by atoms with Crippen molar-refractivity contribution in [3.63, 3.8) is 0 Å². The monoisotopic (exact) mass is 586 g/mol. The second-order valence-corrected chi connectivity index (χ2v) is 11.1. The molecule has 0 atom stereocenters. The number of hydrogen-bond donors (Lipinski definition) is 2. The van der Waals surface area contributed by atoms with Crippen molar-refractivity contribution in [2.75, 3.05) is 50.1 Å². The molecule has 4 aromatic rings. The molecule has 13 heteroatoms. The van der Waals surface area contributed by atoms with Crippen molar-refractivity contribution < 1.29 is 32.0 Å². The van der Waals surface area contributed by atoms with Gasteiger partial charge in [-0.1, -0.05) is 38.1 Å². The van der Waals surface area contributed by atoms with Crippen LogP contribution in [0.3, 0.4) is 0 Å². The molecular formula is C29H33F3N6O4. The van der Waals surface area contributed by atoms with Gasteiger partial charge < -0.3 is 23.7 Å². The molecule has 3 aromatic heterocycles. The average Bonchev–Trinajstić information content (AvgIpc) is 3.58. The van der Waals surface area contributed by atoms with Crippen LogP contribution in [0.4, 0.5) is 29.5 Å². The summed E-state index contributed by atoms with van der Waals surface area (Å²) in [6.45, 7) is 9.74. The molecule has 0 unspecified atom stereocenters. The van der Waals surface area contributed by atoms with Crippen LogP contribution in [-0.2, 0) is 16.3 Å². The minimum atomic E-state index is -4.60. The average molecular weight is 587 g/mol. The largest absolute Gasteiger partial charge is 0.491 e. The molecule has 2 amide bonds. The Morgan fingerprint density at radius 2 is 1.79 bits per heavy atom. The van der Waals surface area contributed by atoms with Crippen molar-refractivity contribution in [2.45, 2.75) is 38.8 Å². The van der Waals surface area contributed by atoms with E-state index in [2.05, 4.69) is 25.7 Å². The number of amides is 2. The van der Waals surface area contributed by atoms with Gasteiger partial charge in [-0.05, 0) is 24.6 Å². The molecule has 1 aliphatic rings. The Bertz CT molecular complexity index is 1520. The molecule has 0 saturated carbocycles. The Labute approximate surface area is 240 Å². The summed E-state index contributed by atoms with van der Waals surface area (Å²) in [5.74, 6) is 0.685. The number of carbonyl (C=O) groups is 1. The summed E-state index contributed by atoms with van der Waals surface area (Å²) in [6, 6.07) is 8.95. The zero-order valence-corrected chi connectivity index (χ0v) is 23.6. The summed E-state index contributed by atoms with van der Waals surface area (Å²) in [4.78, 5) is 19.0. The number of benzene rings is 1. The van der Waals surface area contributed by atoms with Gasteiger partial charge in [-0.25, -0.2) is 9.78 Å². The van der Waals surface area contributed by atoms with Crippen molar-refractivity contribution in [3.05, 3.63) is 60.1 Å². The maximum Gasteiger partial charge on any atom is 0.420 e. The van der Waals surface area contributed by atoms with E-state index < -0.39 is 17.8 Å². The van der Waals surface area contributed by atoms with Crippen LogP contribution in [0.2, 0.25) is 0 Å². The molecule has 5 rings (SSSR count). The molecule has 0 aliphatic carbocycles. The van der Waals surface area contributed by atoms with Crippen molar-refractivity contribution in [3.8, 4) is 17.0 Å². The highest BCUT2D eigenvalue weighted by Gasteiger charge is 2.35. The first-order valence-electron chi connectivity index (χ1n) is 13.6. The Kier molecular flexibility index (Phi) is 8.41.